The summed E-state index contributed by atoms with van der Waals surface area (Å²) in [7, 11) is 0. The number of hydrogen-bond donors (Lipinski definition) is 2. The lowest BCUT2D eigenvalue weighted by Crippen LogP contribution is -1.94. The van der Waals surface area contributed by atoms with Crippen molar-refractivity contribution >= 4 is 32.8 Å². The number of nitrogen functional groups attached to an aromatic ring is 1. The van der Waals surface area contributed by atoms with E-state index in [0.717, 1.165) is 26.8 Å². The SMILES string of the molecule is Nc1cc2[nH]cnc2c(-c2ccccc2Br)n1. The molecule has 0 radical (unpaired) electrons. The Bertz CT molecular complexity index is 690. The van der Waals surface area contributed by atoms with Crippen LogP contribution in [0.4, 0.5) is 5.82 Å². The number of H-pyrrole nitrogens is 1. The van der Waals surface area contributed by atoms with E-state index < -0.39 is 0 Å². The van der Waals surface area contributed by atoms with Crippen LogP contribution in [0.5, 0.6) is 0 Å². The lowest BCUT2D eigenvalue weighted by Gasteiger charge is -2.05. The van der Waals surface area contributed by atoms with Crippen LogP contribution in [0.2, 0.25) is 0 Å². The van der Waals surface area contributed by atoms with Gasteiger partial charge in [0, 0.05) is 16.1 Å². The molecular formula is C12H9BrN4. The van der Waals surface area contributed by atoms with Gasteiger partial charge in [0.1, 0.15) is 17.0 Å². The fourth-order valence-electron chi connectivity index (χ4n) is 1.81. The molecule has 4 nitrogen and oxygen atoms in total. The Morgan fingerprint density at radius 3 is 2.88 bits per heavy atom. The first-order chi connectivity index (χ1) is 8.25. The molecule has 2 aromatic heterocycles. The highest BCUT2D eigenvalue weighted by Crippen LogP contribution is 2.31. The van der Waals surface area contributed by atoms with Crippen molar-refractivity contribution in [3.63, 3.8) is 0 Å². The summed E-state index contributed by atoms with van der Waals surface area (Å²) in [6, 6.07) is 9.66. The number of nitrogens with zero attached hydrogens (tertiary/aromatic N) is 2. The van der Waals surface area contributed by atoms with Crippen molar-refractivity contribution in [2.75, 3.05) is 5.73 Å². The van der Waals surface area contributed by atoms with Gasteiger partial charge in [-0.25, -0.2) is 9.97 Å². The number of anilines is 1. The number of benzene rings is 1. The molecule has 0 aliphatic carbocycles. The first kappa shape index (κ1) is 10.3. The highest BCUT2D eigenvalue weighted by atomic mass is 79.9. The van der Waals surface area contributed by atoms with Crippen molar-refractivity contribution in [1.82, 2.24) is 15.0 Å². The van der Waals surface area contributed by atoms with E-state index in [2.05, 4.69) is 30.9 Å². The van der Waals surface area contributed by atoms with E-state index >= 15 is 0 Å². The Morgan fingerprint density at radius 1 is 1.24 bits per heavy atom. The van der Waals surface area contributed by atoms with Crippen LogP contribution < -0.4 is 5.73 Å². The minimum atomic E-state index is 0.479. The zero-order chi connectivity index (χ0) is 11.8. The molecule has 3 N–H and O–H groups in total. The molecule has 17 heavy (non-hydrogen) atoms. The molecule has 0 saturated heterocycles. The average Bonchev–Trinajstić information content (AvgIpc) is 2.76. The second-order valence-corrected chi connectivity index (χ2v) is 4.53. The number of fused-ring (bicyclic) bond motifs is 1. The molecule has 5 heteroatoms. The first-order valence-electron chi connectivity index (χ1n) is 5.10. The van der Waals surface area contributed by atoms with Gasteiger partial charge in [-0.1, -0.05) is 34.1 Å². The van der Waals surface area contributed by atoms with E-state index in [9.17, 15) is 0 Å². The fourth-order valence-corrected chi connectivity index (χ4v) is 2.28. The molecular weight excluding hydrogens is 280 g/mol. The molecule has 0 unspecified atom stereocenters. The summed E-state index contributed by atoms with van der Waals surface area (Å²) in [6.07, 6.45) is 1.64. The molecule has 84 valence electrons. The van der Waals surface area contributed by atoms with Gasteiger partial charge in [0.25, 0.3) is 0 Å². The molecule has 0 spiro atoms. The summed E-state index contributed by atoms with van der Waals surface area (Å²) in [5, 5.41) is 0. The summed E-state index contributed by atoms with van der Waals surface area (Å²) in [6.45, 7) is 0. The van der Waals surface area contributed by atoms with Gasteiger partial charge in [0.15, 0.2) is 0 Å². The molecule has 0 bridgehead atoms. The van der Waals surface area contributed by atoms with Crippen LogP contribution in [0.15, 0.2) is 41.1 Å². The van der Waals surface area contributed by atoms with Crippen molar-refractivity contribution in [3.8, 4) is 11.3 Å². The third-order valence-electron chi connectivity index (χ3n) is 2.56. The van der Waals surface area contributed by atoms with E-state index in [-0.39, 0.29) is 0 Å². The van der Waals surface area contributed by atoms with Crippen LogP contribution in [0.25, 0.3) is 22.3 Å². The van der Waals surface area contributed by atoms with Gasteiger partial charge in [-0.2, -0.15) is 0 Å². The second-order valence-electron chi connectivity index (χ2n) is 3.67. The number of imidazole rings is 1. The van der Waals surface area contributed by atoms with Crippen LogP contribution in [-0.4, -0.2) is 15.0 Å². The second kappa shape index (κ2) is 3.85. The van der Waals surface area contributed by atoms with Gasteiger partial charge in [-0.15, -0.1) is 0 Å². The summed E-state index contributed by atoms with van der Waals surface area (Å²) in [5.41, 5.74) is 9.28. The number of halogens is 1. The zero-order valence-corrected chi connectivity index (χ0v) is 10.4. The van der Waals surface area contributed by atoms with Gasteiger partial charge < -0.3 is 10.7 Å². The normalized spacial score (nSPS) is 10.9. The van der Waals surface area contributed by atoms with Gasteiger partial charge in [0.05, 0.1) is 11.8 Å². The zero-order valence-electron chi connectivity index (χ0n) is 8.81. The van der Waals surface area contributed by atoms with E-state index in [1.54, 1.807) is 12.4 Å². The highest BCUT2D eigenvalue weighted by molar-refractivity contribution is 9.10. The van der Waals surface area contributed by atoms with Crippen molar-refractivity contribution in [2.45, 2.75) is 0 Å². The third kappa shape index (κ3) is 1.68. The predicted octanol–water partition coefficient (Wildman–Crippen LogP) is 2.97. The van der Waals surface area contributed by atoms with E-state index in [1.807, 2.05) is 24.3 Å². The molecule has 0 fully saturated rings. The Labute approximate surface area is 106 Å². The van der Waals surface area contributed by atoms with Crippen molar-refractivity contribution in [2.24, 2.45) is 0 Å². The van der Waals surface area contributed by atoms with Crippen LogP contribution in [0.1, 0.15) is 0 Å². The molecule has 1 aromatic carbocycles. The summed E-state index contributed by atoms with van der Waals surface area (Å²) < 4.78 is 0.974. The number of aromatic amines is 1. The van der Waals surface area contributed by atoms with Gasteiger partial charge in [0.2, 0.25) is 0 Å². The minimum absolute atomic E-state index is 0.479. The minimum Gasteiger partial charge on any atom is -0.384 e. The predicted molar refractivity (Wildman–Crippen MR) is 71.4 cm³/mol. The molecule has 3 aromatic rings. The molecule has 2 heterocycles. The Kier molecular flexibility index (Phi) is 2.33. The van der Waals surface area contributed by atoms with E-state index in [0.29, 0.717) is 5.82 Å². The summed E-state index contributed by atoms with van der Waals surface area (Å²) in [5.74, 6) is 0.479. The van der Waals surface area contributed by atoms with E-state index in [1.165, 1.54) is 0 Å². The molecule has 0 aliphatic rings. The number of pyridine rings is 1. The number of rotatable bonds is 1. The topological polar surface area (TPSA) is 67.6 Å². The van der Waals surface area contributed by atoms with Gasteiger partial charge in [-0.3, -0.25) is 0 Å². The average molecular weight is 289 g/mol. The third-order valence-corrected chi connectivity index (χ3v) is 3.25. The van der Waals surface area contributed by atoms with Gasteiger partial charge >= 0.3 is 0 Å². The van der Waals surface area contributed by atoms with E-state index in [4.69, 9.17) is 5.73 Å². The molecule has 0 aliphatic heterocycles. The van der Waals surface area contributed by atoms with Crippen molar-refractivity contribution < 1.29 is 0 Å². The lowest BCUT2D eigenvalue weighted by atomic mass is 10.1. The maximum atomic E-state index is 5.80. The lowest BCUT2D eigenvalue weighted by molar-refractivity contribution is 1.33. The van der Waals surface area contributed by atoms with Gasteiger partial charge in [-0.05, 0) is 6.07 Å². The molecule has 0 atom stereocenters. The molecule has 0 amide bonds. The number of hydrogen-bond acceptors (Lipinski definition) is 3. The van der Waals surface area contributed by atoms with Crippen molar-refractivity contribution in [1.29, 1.82) is 0 Å². The van der Waals surface area contributed by atoms with Crippen LogP contribution in [0.3, 0.4) is 0 Å². The highest BCUT2D eigenvalue weighted by Gasteiger charge is 2.11. The maximum absolute atomic E-state index is 5.80. The Hall–Kier alpha value is -1.88. The van der Waals surface area contributed by atoms with Crippen LogP contribution in [0, 0.1) is 0 Å². The Morgan fingerprint density at radius 2 is 2.06 bits per heavy atom. The van der Waals surface area contributed by atoms with Crippen LogP contribution >= 0.6 is 15.9 Å². The fraction of sp³-hybridized carbons (Fsp3) is 0. The number of nitrogens with one attached hydrogen (secondary N) is 1. The van der Waals surface area contributed by atoms with Crippen molar-refractivity contribution in [3.05, 3.63) is 41.1 Å². The van der Waals surface area contributed by atoms with Crippen LogP contribution in [-0.2, 0) is 0 Å². The summed E-state index contributed by atoms with van der Waals surface area (Å²) in [4.78, 5) is 11.7. The smallest absolute Gasteiger partial charge is 0.126 e. The first-order valence-corrected chi connectivity index (χ1v) is 5.89. The number of nitrogens with two attached hydrogens (primary N) is 1. The number of aromatic nitrogens is 3. The monoisotopic (exact) mass is 288 g/mol. The molecule has 3 rings (SSSR count). The Balaban J connectivity index is 2.37. The summed E-state index contributed by atoms with van der Waals surface area (Å²) >= 11 is 3.51. The largest absolute Gasteiger partial charge is 0.384 e. The molecule has 0 saturated carbocycles. The quantitative estimate of drug-likeness (QED) is 0.723. The maximum Gasteiger partial charge on any atom is 0.126 e. The standard InChI is InChI=1S/C12H9BrN4/c13-8-4-2-1-3-7(8)11-12-9(15-6-16-12)5-10(14)17-11/h1-6H,(H2,14,17)(H,15,16).